The van der Waals surface area contributed by atoms with Crippen molar-refractivity contribution in [2.45, 2.75) is 26.1 Å². The number of nitrogens with one attached hydrogen (secondary N) is 1. The highest BCUT2D eigenvalue weighted by molar-refractivity contribution is 4.95. The smallest absolute Gasteiger partial charge is 0.0950 e. The van der Waals surface area contributed by atoms with Crippen LogP contribution in [0.4, 0.5) is 0 Å². The minimum atomic E-state index is 0.233. The maximum Gasteiger partial charge on any atom is 0.0950 e. The van der Waals surface area contributed by atoms with Crippen LogP contribution < -0.4 is 5.32 Å². The van der Waals surface area contributed by atoms with Gasteiger partial charge in [-0.1, -0.05) is 0 Å². The molecule has 0 saturated carbocycles. The van der Waals surface area contributed by atoms with E-state index in [4.69, 9.17) is 4.74 Å². The summed E-state index contributed by atoms with van der Waals surface area (Å²) in [4.78, 5) is 4.24. The molecule has 1 atom stereocenters. The summed E-state index contributed by atoms with van der Waals surface area (Å²) in [7, 11) is 3.63. The summed E-state index contributed by atoms with van der Waals surface area (Å²) in [6.45, 7) is 3.71. The standard InChI is InChI=1S/C9H17N3O/c1-8(13-3)5-12-6-9(4-10-2)11-7-12/h6-8,10H,4-5H2,1-3H3. The fourth-order valence-corrected chi connectivity index (χ4v) is 1.15. The maximum absolute atomic E-state index is 5.16. The van der Waals surface area contributed by atoms with E-state index in [1.54, 1.807) is 7.11 Å². The highest BCUT2D eigenvalue weighted by Gasteiger charge is 2.02. The molecule has 0 radical (unpaired) electrons. The predicted octanol–water partition coefficient (Wildman–Crippen LogP) is 0.637. The molecule has 74 valence electrons. The Kier molecular flexibility index (Phi) is 3.92. The van der Waals surface area contributed by atoms with E-state index in [9.17, 15) is 0 Å². The Morgan fingerprint density at radius 1 is 1.69 bits per heavy atom. The number of nitrogens with zero attached hydrogens (tertiary/aromatic N) is 2. The number of ether oxygens (including phenoxy) is 1. The molecule has 1 aromatic rings. The van der Waals surface area contributed by atoms with Crippen molar-refractivity contribution >= 4 is 0 Å². The first-order valence-electron chi connectivity index (χ1n) is 4.44. The van der Waals surface area contributed by atoms with E-state index in [-0.39, 0.29) is 6.10 Å². The van der Waals surface area contributed by atoms with Gasteiger partial charge in [0.15, 0.2) is 0 Å². The van der Waals surface area contributed by atoms with E-state index in [0.29, 0.717) is 0 Å². The third-order valence-electron chi connectivity index (χ3n) is 1.91. The van der Waals surface area contributed by atoms with Crippen LogP contribution in [0.1, 0.15) is 12.6 Å². The minimum absolute atomic E-state index is 0.233. The molecule has 0 spiro atoms. The second kappa shape index (κ2) is 4.99. The molecule has 0 amide bonds. The van der Waals surface area contributed by atoms with Crippen LogP contribution in [-0.4, -0.2) is 29.8 Å². The van der Waals surface area contributed by atoms with E-state index in [1.807, 2.05) is 31.1 Å². The fraction of sp³-hybridized carbons (Fsp3) is 0.667. The zero-order chi connectivity index (χ0) is 9.68. The van der Waals surface area contributed by atoms with Crippen LogP contribution in [0.15, 0.2) is 12.5 Å². The lowest BCUT2D eigenvalue weighted by Crippen LogP contribution is -2.13. The first-order chi connectivity index (χ1) is 6.26. The van der Waals surface area contributed by atoms with Crippen molar-refractivity contribution in [3.63, 3.8) is 0 Å². The third-order valence-corrected chi connectivity index (χ3v) is 1.91. The van der Waals surface area contributed by atoms with Crippen molar-refractivity contribution in [2.24, 2.45) is 0 Å². The topological polar surface area (TPSA) is 39.1 Å². The molecule has 4 nitrogen and oxygen atoms in total. The van der Waals surface area contributed by atoms with Gasteiger partial charge in [-0.15, -0.1) is 0 Å². The zero-order valence-corrected chi connectivity index (χ0v) is 8.45. The Morgan fingerprint density at radius 2 is 2.46 bits per heavy atom. The zero-order valence-electron chi connectivity index (χ0n) is 8.45. The van der Waals surface area contributed by atoms with Crippen molar-refractivity contribution in [3.8, 4) is 0 Å². The van der Waals surface area contributed by atoms with Gasteiger partial charge in [-0.3, -0.25) is 0 Å². The minimum Gasteiger partial charge on any atom is -0.380 e. The SMILES string of the molecule is CNCc1cn(CC(C)OC)cn1. The Hall–Kier alpha value is -0.870. The summed E-state index contributed by atoms with van der Waals surface area (Å²) < 4.78 is 7.20. The van der Waals surface area contributed by atoms with Gasteiger partial charge in [0.1, 0.15) is 0 Å². The number of rotatable bonds is 5. The largest absolute Gasteiger partial charge is 0.380 e. The summed E-state index contributed by atoms with van der Waals surface area (Å²) >= 11 is 0. The number of imidazole rings is 1. The van der Waals surface area contributed by atoms with Crippen LogP contribution in [0.3, 0.4) is 0 Å². The summed E-state index contributed by atoms with van der Waals surface area (Å²) in [6, 6.07) is 0. The van der Waals surface area contributed by atoms with E-state index < -0.39 is 0 Å². The number of aromatic nitrogens is 2. The second-order valence-electron chi connectivity index (χ2n) is 3.14. The molecular weight excluding hydrogens is 166 g/mol. The molecule has 1 aromatic heterocycles. The molecule has 0 aromatic carbocycles. The third kappa shape index (κ3) is 3.16. The van der Waals surface area contributed by atoms with Crippen molar-refractivity contribution in [3.05, 3.63) is 18.2 Å². The average Bonchev–Trinajstić information content (AvgIpc) is 2.53. The summed E-state index contributed by atoms with van der Waals surface area (Å²) in [5.74, 6) is 0. The second-order valence-corrected chi connectivity index (χ2v) is 3.14. The first-order valence-corrected chi connectivity index (χ1v) is 4.44. The van der Waals surface area contributed by atoms with Gasteiger partial charge in [0.2, 0.25) is 0 Å². The lowest BCUT2D eigenvalue weighted by atomic mass is 10.4. The van der Waals surface area contributed by atoms with Gasteiger partial charge < -0.3 is 14.6 Å². The lowest BCUT2D eigenvalue weighted by Gasteiger charge is -2.08. The van der Waals surface area contributed by atoms with Gasteiger partial charge in [-0.2, -0.15) is 0 Å². The molecule has 1 rings (SSSR count). The van der Waals surface area contributed by atoms with Crippen LogP contribution in [0.5, 0.6) is 0 Å². The van der Waals surface area contributed by atoms with E-state index in [1.165, 1.54) is 0 Å². The molecule has 4 heteroatoms. The van der Waals surface area contributed by atoms with Gasteiger partial charge in [0.25, 0.3) is 0 Å². The van der Waals surface area contributed by atoms with E-state index in [0.717, 1.165) is 18.8 Å². The van der Waals surface area contributed by atoms with Crippen LogP contribution >= 0.6 is 0 Å². The quantitative estimate of drug-likeness (QED) is 0.728. The van der Waals surface area contributed by atoms with Crippen molar-refractivity contribution in [1.82, 2.24) is 14.9 Å². The molecule has 1 unspecified atom stereocenters. The Balaban J connectivity index is 2.48. The van der Waals surface area contributed by atoms with Gasteiger partial charge in [-0.05, 0) is 14.0 Å². The van der Waals surface area contributed by atoms with Crippen LogP contribution in [0.25, 0.3) is 0 Å². The molecule has 0 fully saturated rings. The van der Waals surface area contributed by atoms with Crippen LogP contribution in [0.2, 0.25) is 0 Å². The maximum atomic E-state index is 5.16. The Labute approximate surface area is 78.9 Å². The molecule has 0 aliphatic carbocycles. The first kappa shape index (κ1) is 10.2. The normalized spacial score (nSPS) is 13.2. The number of hydrogen-bond acceptors (Lipinski definition) is 3. The van der Waals surface area contributed by atoms with Gasteiger partial charge in [-0.25, -0.2) is 4.98 Å². The summed E-state index contributed by atoms with van der Waals surface area (Å²) in [6.07, 6.45) is 4.10. The van der Waals surface area contributed by atoms with Crippen LogP contribution in [-0.2, 0) is 17.8 Å². The molecule has 13 heavy (non-hydrogen) atoms. The van der Waals surface area contributed by atoms with Gasteiger partial charge in [0.05, 0.1) is 18.1 Å². The fourth-order valence-electron chi connectivity index (χ4n) is 1.15. The molecule has 0 saturated heterocycles. The van der Waals surface area contributed by atoms with Crippen molar-refractivity contribution < 1.29 is 4.74 Å². The Bertz CT molecular complexity index is 247. The highest BCUT2D eigenvalue weighted by Crippen LogP contribution is 1.99. The molecule has 1 N–H and O–H groups in total. The van der Waals surface area contributed by atoms with Gasteiger partial charge >= 0.3 is 0 Å². The highest BCUT2D eigenvalue weighted by atomic mass is 16.5. The molecule has 0 aliphatic rings. The van der Waals surface area contributed by atoms with E-state index in [2.05, 4.69) is 10.3 Å². The molecule has 1 heterocycles. The number of hydrogen-bond donors (Lipinski definition) is 1. The van der Waals surface area contributed by atoms with Crippen LogP contribution in [0, 0.1) is 0 Å². The van der Waals surface area contributed by atoms with Gasteiger partial charge in [0, 0.05) is 26.4 Å². The molecular formula is C9H17N3O. The molecule has 0 bridgehead atoms. The summed E-state index contributed by atoms with van der Waals surface area (Å²) in [5, 5.41) is 3.06. The monoisotopic (exact) mass is 183 g/mol. The van der Waals surface area contributed by atoms with Crippen molar-refractivity contribution in [1.29, 1.82) is 0 Å². The Morgan fingerprint density at radius 3 is 3.08 bits per heavy atom. The lowest BCUT2D eigenvalue weighted by molar-refractivity contribution is 0.103. The average molecular weight is 183 g/mol. The number of methoxy groups -OCH3 is 1. The van der Waals surface area contributed by atoms with Crippen molar-refractivity contribution in [2.75, 3.05) is 14.2 Å². The summed E-state index contributed by atoms with van der Waals surface area (Å²) in [5.41, 5.74) is 1.06. The van der Waals surface area contributed by atoms with E-state index >= 15 is 0 Å². The molecule has 0 aliphatic heterocycles. The predicted molar refractivity (Wildman–Crippen MR) is 51.5 cm³/mol.